The maximum Gasteiger partial charge on any atom is -0.00979 e. The molecule has 0 aromatic heterocycles. The largest absolute Gasteiger partial charge is 0.0882 e. The summed E-state index contributed by atoms with van der Waals surface area (Å²) in [6, 6.07) is 0. The van der Waals surface area contributed by atoms with E-state index in [-0.39, 0.29) is 0 Å². The lowest BCUT2D eigenvalue weighted by atomic mass is 10.2. The Bertz CT molecular complexity index is 143. The Labute approximate surface area is 69.3 Å². The van der Waals surface area contributed by atoms with Crippen LogP contribution in [-0.4, -0.2) is 0 Å². The maximum absolute atomic E-state index is 3.24. The van der Waals surface area contributed by atoms with Gasteiger partial charge in [0.05, 0.1) is 0 Å². The molecule has 0 bridgehead atoms. The van der Waals surface area contributed by atoms with Gasteiger partial charge in [0, 0.05) is 0 Å². The number of hydrogen-bond acceptors (Lipinski definition) is 0. The summed E-state index contributed by atoms with van der Waals surface area (Å²) >= 11 is 0. The third kappa shape index (κ3) is 4.60. The molecule has 11 heavy (non-hydrogen) atoms. The number of allylic oxidation sites excluding steroid dienone is 6. The van der Waals surface area contributed by atoms with E-state index in [0.717, 1.165) is 12.8 Å². The van der Waals surface area contributed by atoms with Crippen molar-refractivity contribution in [2.75, 3.05) is 0 Å². The lowest BCUT2D eigenvalue weighted by molar-refractivity contribution is 1.01. The first-order valence-electron chi connectivity index (χ1n) is 4.35. The predicted octanol–water partition coefficient (Wildman–Crippen LogP) is 3.42. The van der Waals surface area contributed by atoms with Gasteiger partial charge in [0.15, 0.2) is 0 Å². The molecule has 0 fully saturated rings. The Balaban J connectivity index is 2.34. The van der Waals surface area contributed by atoms with Crippen LogP contribution in [0.25, 0.3) is 0 Å². The molecule has 0 nitrogen and oxygen atoms in total. The zero-order chi connectivity index (χ0) is 7.78. The second-order valence-electron chi connectivity index (χ2n) is 2.71. The highest BCUT2D eigenvalue weighted by molar-refractivity contribution is 4.93. The molecule has 0 atom stereocenters. The van der Waals surface area contributed by atoms with E-state index in [2.05, 4.69) is 36.5 Å². The summed E-state index contributed by atoms with van der Waals surface area (Å²) in [5, 5.41) is 0. The average Bonchev–Trinajstić information content (AvgIpc) is 2.08. The third-order valence-corrected chi connectivity index (χ3v) is 1.69. The normalized spacial score (nSPS) is 28.4. The molecule has 59 valence electrons. The van der Waals surface area contributed by atoms with Gasteiger partial charge in [-0.05, 0) is 38.2 Å². The van der Waals surface area contributed by atoms with Gasteiger partial charge in [0.1, 0.15) is 0 Å². The molecule has 0 saturated heterocycles. The summed E-state index contributed by atoms with van der Waals surface area (Å²) in [5.41, 5.74) is 0. The highest BCUT2D eigenvalue weighted by Crippen LogP contribution is 2.00. The first kappa shape index (κ1) is 8.32. The van der Waals surface area contributed by atoms with Crippen LogP contribution in [0.2, 0.25) is 0 Å². The molecule has 0 unspecified atom stereocenters. The summed E-state index contributed by atoms with van der Waals surface area (Å²) < 4.78 is 0. The molecule has 0 heteroatoms. The van der Waals surface area contributed by atoms with Crippen molar-refractivity contribution in [1.82, 2.24) is 0 Å². The van der Waals surface area contributed by atoms with Crippen molar-refractivity contribution in [2.24, 2.45) is 0 Å². The van der Waals surface area contributed by atoms with Crippen LogP contribution in [0.4, 0.5) is 0 Å². The SMILES string of the molecule is [C]1=C\CC/C=C\CC/C=C\C/1. The molecule has 1 aliphatic rings. The van der Waals surface area contributed by atoms with Crippen molar-refractivity contribution >= 4 is 0 Å². The molecule has 0 spiro atoms. The standard InChI is InChI=1S/C11H15/c1-2-4-6-8-10-11-9-7-5-3-1/h1-2,7-9H,3-6,11H2/b2-1-,9-7-,10-8?. The van der Waals surface area contributed by atoms with Gasteiger partial charge in [-0.15, -0.1) is 0 Å². The van der Waals surface area contributed by atoms with Gasteiger partial charge in [0.25, 0.3) is 0 Å². The molecule has 0 amide bonds. The Morgan fingerprint density at radius 1 is 0.727 bits per heavy atom. The van der Waals surface area contributed by atoms with Crippen molar-refractivity contribution < 1.29 is 0 Å². The molecule has 0 N–H and O–H groups in total. The highest BCUT2D eigenvalue weighted by Gasteiger charge is 1.81. The Kier molecular flexibility index (Phi) is 4.51. The lowest BCUT2D eigenvalue weighted by Gasteiger charge is -1.85. The van der Waals surface area contributed by atoms with Gasteiger partial charge in [-0.25, -0.2) is 0 Å². The fourth-order valence-electron chi connectivity index (χ4n) is 1.06. The molecule has 1 rings (SSSR count). The van der Waals surface area contributed by atoms with E-state index < -0.39 is 0 Å². The first-order chi connectivity index (χ1) is 5.50. The second-order valence-corrected chi connectivity index (χ2v) is 2.71. The molecular weight excluding hydrogens is 132 g/mol. The van der Waals surface area contributed by atoms with Crippen LogP contribution in [-0.2, 0) is 0 Å². The summed E-state index contributed by atoms with van der Waals surface area (Å²) in [5.74, 6) is 0. The molecular formula is C11H15. The maximum atomic E-state index is 3.24. The minimum Gasteiger partial charge on any atom is -0.0882 e. The van der Waals surface area contributed by atoms with E-state index >= 15 is 0 Å². The van der Waals surface area contributed by atoms with Gasteiger partial charge in [-0.3, -0.25) is 0 Å². The van der Waals surface area contributed by atoms with E-state index in [4.69, 9.17) is 0 Å². The van der Waals surface area contributed by atoms with Crippen LogP contribution in [0.15, 0.2) is 30.4 Å². The van der Waals surface area contributed by atoms with E-state index in [1.807, 2.05) is 0 Å². The Hall–Kier alpha value is -0.780. The van der Waals surface area contributed by atoms with Crippen LogP contribution in [0.5, 0.6) is 0 Å². The fourth-order valence-corrected chi connectivity index (χ4v) is 1.06. The predicted molar refractivity (Wildman–Crippen MR) is 49.2 cm³/mol. The van der Waals surface area contributed by atoms with Gasteiger partial charge in [-0.1, -0.05) is 30.4 Å². The molecule has 0 heterocycles. The van der Waals surface area contributed by atoms with Crippen molar-refractivity contribution in [3.63, 3.8) is 0 Å². The summed E-state index contributed by atoms with van der Waals surface area (Å²) in [6.45, 7) is 0. The minimum absolute atomic E-state index is 0.986. The van der Waals surface area contributed by atoms with E-state index in [9.17, 15) is 0 Å². The van der Waals surface area contributed by atoms with Crippen LogP contribution >= 0.6 is 0 Å². The first-order valence-corrected chi connectivity index (χ1v) is 4.35. The van der Waals surface area contributed by atoms with E-state index in [1.165, 1.54) is 19.3 Å². The van der Waals surface area contributed by atoms with Gasteiger partial charge in [0.2, 0.25) is 0 Å². The van der Waals surface area contributed by atoms with Gasteiger partial charge >= 0.3 is 0 Å². The number of hydrogen-bond donors (Lipinski definition) is 0. The topological polar surface area (TPSA) is 0 Å². The van der Waals surface area contributed by atoms with Crippen molar-refractivity contribution in [2.45, 2.75) is 32.1 Å². The fraction of sp³-hybridized carbons (Fsp3) is 0.455. The molecule has 1 radical (unpaired) electrons. The van der Waals surface area contributed by atoms with Crippen LogP contribution in [0.1, 0.15) is 32.1 Å². The van der Waals surface area contributed by atoms with E-state index in [1.54, 1.807) is 0 Å². The molecule has 0 aromatic carbocycles. The molecule has 0 aliphatic heterocycles. The molecule has 0 saturated carbocycles. The van der Waals surface area contributed by atoms with E-state index in [0.29, 0.717) is 0 Å². The smallest absolute Gasteiger partial charge is 0.00979 e. The van der Waals surface area contributed by atoms with Crippen LogP contribution < -0.4 is 0 Å². The van der Waals surface area contributed by atoms with Gasteiger partial charge in [-0.2, -0.15) is 0 Å². The summed E-state index contributed by atoms with van der Waals surface area (Å²) in [4.78, 5) is 0. The average molecular weight is 147 g/mol. The summed E-state index contributed by atoms with van der Waals surface area (Å²) in [7, 11) is 0. The van der Waals surface area contributed by atoms with Crippen molar-refractivity contribution in [3.05, 3.63) is 36.5 Å². The van der Waals surface area contributed by atoms with Gasteiger partial charge < -0.3 is 0 Å². The minimum atomic E-state index is 0.986. The molecule has 1 aliphatic carbocycles. The van der Waals surface area contributed by atoms with Crippen LogP contribution in [0.3, 0.4) is 0 Å². The van der Waals surface area contributed by atoms with Crippen LogP contribution in [0, 0.1) is 6.08 Å². The van der Waals surface area contributed by atoms with Crippen molar-refractivity contribution in [3.8, 4) is 0 Å². The Morgan fingerprint density at radius 2 is 1.36 bits per heavy atom. The number of rotatable bonds is 0. The zero-order valence-electron chi connectivity index (χ0n) is 6.92. The Morgan fingerprint density at radius 3 is 2.18 bits per heavy atom. The van der Waals surface area contributed by atoms with Crippen molar-refractivity contribution in [1.29, 1.82) is 0 Å². The molecule has 0 aromatic rings. The monoisotopic (exact) mass is 147 g/mol. The quantitative estimate of drug-likeness (QED) is 0.460. The summed E-state index contributed by atoms with van der Waals surface area (Å²) in [6.07, 6.45) is 20.0. The highest BCUT2D eigenvalue weighted by atomic mass is 13.9. The second kappa shape index (κ2) is 5.96. The lowest BCUT2D eigenvalue weighted by Crippen LogP contribution is -1.65. The third-order valence-electron chi connectivity index (χ3n) is 1.69. The zero-order valence-corrected chi connectivity index (χ0v) is 6.92.